The molecule has 2 aromatic rings. The molecule has 1 aromatic heterocycles. The first-order valence-corrected chi connectivity index (χ1v) is 10.9. The Bertz CT molecular complexity index is 763. The van der Waals surface area contributed by atoms with E-state index in [4.69, 9.17) is 4.98 Å². The molecule has 1 amide bonds. The summed E-state index contributed by atoms with van der Waals surface area (Å²) in [6.45, 7) is 10.7. The third-order valence-corrected chi connectivity index (χ3v) is 6.39. The molecule has 27 heavy (non-hydrogen) atoms. The highest BCUT2D eigenvalue weighted by Gasteiger charge is 2.18. The fourth-order valence-corrected chi connectivity index (χ4v) is 4.70. The molecule has 5 heteroatoms. The van der Waals surface area contributed by atoms with E-state index in [0.717, 1.165) is 47.1 Å². The molecule has 146 valence electrons. The number of thiazole rings is 1. The van der Waals surface area contributed by atoms with Crippen LogP contribution in [0, 0.1) is 6.92 Å². The lowest BCUT2D eigenvalue weighted by Gasteiger charge is -2.13. The largest absolute Gasteiger partial charge is 0.351 e. The van der Waals surface area contributed by atoms with Gasteiger partial charge >= 0.3 is 0 Å². The number of amides is 1. The highest BCUT2D eigenvalue weighted by atomic mass is 32.1. The number of carbonyl (C=O) groups excluding carboxylic acids is 1. The molecule has 1 aromatic carbocycles. The van der Waals surface area contributed by atoms with Gasteiger partial charge in [0.1, 0.15) is 9.88 Å². The van der Waals surface area contributed by atoms with Gasteiger partial charge in [0, 0.05) is 12.1 Å². The van der Waals surface area contributed by atoms with Crippen LogP contribution in [0.4, 0.5) is 0 Å². The van der Waals surface area contributed by atoms with Crippen molar-refractivity contribution in [2.75, 3.05) is 26.2 Å². The Kier molecular flexibility index (Phi) is 7.02. The number of nitrogens with one attached hydrogen (secondary N) is 1. The summed E-state index contributed by atoms with van der Waals surface area (Å²) in [5.41, 5.74) is 3.24. The van der Waals surface area contributed by atoms with Crippen LogP contribution in [-0.4, -0.2) is 42.0 Å². The average molecular weight is 386 g/mol. The predicted molar refractivity (Wildman–Crippen MR) is 114 cm³/mol. The molecule has 0 saturated carbocycles. The number of likely N-dealkylation sites (tertiary alicyclic amines) is 1. The summed E-state index contributed by atoms with van der Waals surface area (Å²) < 4.78 is 0. The molecule has 0 bridgehead atoms. The van der Waals surface area contributed by atoms with Crippen molar-refractivity contribution in [3.05, 3.63) is 40.4 Å². The van der Waals surface area contributed by atoms with Gasteiger partial charge < -0.3 is 10.2 Å². The van der Waals surface area contributed by atoms with Gasteiger partial charge in [0.05, 0.1) is 5.69 Å². The highest BCUT2D eigenvalue weighted by molar-refractivity contribution is 7.17. The Labute approximate surface area is 167 Å². The van der Waals surface area contributed by atoms with Gasteiger partial charge in [-0.1, -0.05) is 38.1 Å². The highest BCUT2D eigenvalue weighted by Crippen LogP contribution is 2.33. The van der Waals surface area contributed by atoms with Crippen LogP contribution in [0.1, 0.15) is 66.4 Å². The maximum absolute atomic E-state index is 12.6. The maximum Gasteiger partial charge on any atom is 0.263 e. The molecule has 0 atom stereocenters. The van der Waals surface area contributed by atoms with Gasteiger partial charge in [0.15, 0.2) is 0 Å². The van der Waals surface area contributed by atoms with E-state index >= 15 is 0 Å². The predicted octanol–water partition coefficient (Wildman–Crippen LogP) is 4.85. The minimum absolute atomic E-state index is 0.0134. The van der Waals surface area contributed by atoms with Gasteiger partial charge in [-0.3, -0.25) is 4.79 Å². The maximum atomic E-state index is 12.6. The van der Waals surface area contributed by atoms with Crippen molar-refractivity contribution in [3.8, 4) is 10.6 Å². The molecule has 2 heterocycles. The van der Waals surface area contributed by atoms with Crippen LogP contribution in [0.2, 0.25) is 0 Å². The summed E-state index contributed by atoms with van der Waals surface area (Å²) in [6, 6.07) is 8.36. The number of aryl methyl sites for hydroxylation is 1. The molecule has 0 spiro atoms. The molecule has 1 fully saturated rings. The lowest BCUT2D eigenvalue weighted by molar-refractivity contribution is 0.0956. The minimum Gasteiger partial charge on any atom is -0.351 e. The minimum atomic E-state index is 0.0134. The van der Waals surface area contributed by atoms with E-state index < -0.39 is 0 Å². The molecule has 3 rings (SSSR count). The second-order valence-electron chi connectivity index (χ2n) is 7.69. The number of benzene rings is 1. The summed E-state index contributed by atoms with van der Waals surface area (Å²) in [5, 5.41) is 4.02. The van der Waals surface area contributed by atoms with E-state index in [1.165, 1.54) is 42.8 Å². The van der Waals surface area contributed by atoms with Crippen LogP contribution in [0.5, 0.6) is 0 Å². The zero-order chi connectivity index (χ0) is 19.2. The summed E-state index contributed by atoms with van der Waals surface area (Å²) in [7, 11) is 0. The normalized spacial score (nSPS) is 14.8. The Morgan fingerprint density at radius 2 is 1.96 bits per heavy atom. The van der Waals surface area contributed by atoms with E-state index in [2.05, 4.69) is 42.3 Å². The third-order valence-electron chi connectivity index (χ3n) is 5.20. The van der Waals surface area contributed by atoms with Crippen molar-refractivity contribution < 1.29 is 4.79 Å². The molecule has 1 aliphatic rings. The SMILES string of the molecule is Cc1nc(-c2ccccc2C(C)C)sc1C(=O)NCCCCN1CCCC1. The number of hydrogen-bond acceptors (Lipinski definition) is 4. The Morgan fingerprint density at radius 1 is 1.22 bits per heavy atom. The summed E-state index contributed by atoms with van der Waals surface area (Å²) in [4.78, 5) is 20.6. The molecule has 0 aliphatic carbocycles. The van der Waals surface area contributed by atoms with Gasteiger partial charge in [0.2, 0.25) is 0 Å². The van der Waals surface area contributed by atoms with Crippen molar-refractivity contribution in [2.24, 2.45) is 0 Å². The van der Waals surface area contributed by atoms with Crippen molar-refractivity contribution in [1.82, 2.24) is 15.2 Å². The number of unbranched alkanes of at least 4 members (excludes halogenated alkanes) is 1. The fraction of sp³-hybridized carbons (Fsp3) is 0.545. The molecule has 4 nitrogen and oxygen atoms in total. The number of aromatic nitrogens is 1. The van der Waals surface area contributed by atoms with Crippen LogP contribution in [0.25, 0.3) is 10.6 Å². The van der Waals surface area contributed by atoms with Crippen molar-refractivity contribution in [2.45, 2.75) is 52.4 Å². The average Bonchev–Trinajstić information content (AvgIpc) is 3.31. The summed E-state index contributed by atoms with van der Waals surface area (Å²) in [5.74, 6) is 0.442. The van der Waals surface area contributed by atoms with Crippen LogP contribution in [0.3, 0.4) is 0 Å². The van der Waals surface area contributed by atoms with Gasteiger partial charge in [0.25, 0.3) is 5.91 Å². The van der Waals surface area contributed by atoms with Gasteiger partial charge in [-0.25, -0.2) is 4.98 Å². The first kappa shape index (κ1) is 20.0. The van der Waals surface area contributed by atoms with E-state index in [9.17, 15) is 4.79 Å². The van der Waals surface area contributed by atoms with Crippen molar-refractivity contribution in [3.63, 3.8) is 0 Å². The molecule has 0 radical (unpaired) electrons. The van der Waals surface area contributed by atoms with Crippen LogP contribution in [0.15, 0.2) is 24.3 Å². The van der Waals surface area contributed by atoms with Gasteiger partial charge in [-0.2, -0.15) is 0 Å². The Hall–Kier alpha value is -1.72. The number of carbonyl (C=O) groups is 1. The molecule has 1 saturated heterocycles. The van der Waals surface area contributed by atoms with Crippen LogP contribution >= 0.6 is 11.3 Å². The van der Waals surface area contributed by atoms with E-state index in [-0.39, 0.29) is 5.91 Å². The van der Waals surface area contributed by atoms with E-state index in [0.29, 0.717) is 5.92 Å². The monoisotopic (exact) mass is 385 g/mol. The lowest BCUT2D eigenvalue weighted by atomic mass is 9.98. The first-order valence-electron chi connectivity index (χ1n) is 10.1. The van der Waals surface area contributed by atoms with Crippen LogP contribution in [-0.2, 0) is 0 Å². The Balaban J connectivity index is 1.56. The quantitative estimate of drug-likeness (QED) is 0.661. The van der Waals surface area contributed by atoms with Gasteiger partial charge in [-0.15, -0.1) is 11.3 Å². The molecule has 1 aliphatic heterocycles. The van der Waals surface area contributed by atoms with Gasteiger partial charge in [-0.05, 0) is 63.7 Å². The van der Waals surface area contributed by atoms with E-state index in [1.807, 2.05) is 13.0 Å². The number of hydrogen-bond donors (Lipinski definition) is 1. The molecular formula is C22H31N3OS. The zero-order valence-corrected chi connectivity index (χ0v) is 17.6. The fourth-order valence-electron chi connectivity index (χ4n) is 3.67. The molecule has 1 N–H and O–H groups in total. The summed E-state index contributed by atoms with van der Waals surface area (Å²) in [6.07, 6.45) is 4.85. The first-order chi connectivity index (χ1) is 13.1. The zero-order valence-electron chi connectivity index (χ0n) is 16.8. The topological polar surface area (TPSA) is 45.2 Å². The van der Waals surface area contributed by atoms with Crippen molar-refractivity contribution >= 4 is 17.2 Å². The molecular weight excluding hydrogens is 354 g/mol. The smallest absolute Gasteiger partial charge is 0.263 e. The standard InChI is InChI=1S/C22H31N3OS/c1-16(2)18-10-4-5-11-19(18)22-24-17(3)20(27-22)21(26)23-12-6-7-13-25-14-8-9-15-25/h4-5,10-11,16H,6-9,12-15H2,1-3H3,(H,23,26). The number of rotatable bonds is 8. The van der Waals surface area contributed by atoms with E-state index in [1.54, 1.807) is 0 Å². The second kappa shape index (κ2) is 9.47. The third kappa shape index (κ3) is 5.17. The second-order valence-corrected chi connectivity index (χ2v) is 8.69. The molecule has 0 unspecified atom stereocenters. The number of nitrogens with zero attached hydrogens (tertiary/aromatic N) is 2. The van der Waals surface area contributed by atoms with Crippen LogP contribution < -0.4 is 5.32 Å². The summed E-state index contributed by atoms with van der Waals surface area (Å²) >= 11 is 1.51. The Morgan fingerprint density at radius 3 is 2.70 bits per heavy atom. The van der Waals surface area contributed by atoms with Crippen molar-refractivity contribution in [1.29, 1.82) is 0 Å². The lowest BCUT2D eigenvalue weighted by Crippen LogP contribution is -2.26.